The van der Waals surface area contributed by atoms with Crippen molar-refractivity contribution in [3.63, 3.8) is 0 Å². The highest BCUT2D eigenvalue weighted by Crippen LogP contribution is 2.13. The minimum atomic E-state index is -1.17. The van der Waals surface area contributed by atoms with Crippen LogP contribution < -0.4 is 27.4 Å². The van der Waals surface area contributed by atoms with E-state index in [4.69, 9.17) is 11.5 Å². The van der Waals surface area contributed by atoms with Crippen LogP contribution in [0.5, 0.6) is 5.75 Å². The number of carbonyl (C=O) groups is 4. The van der Waals surface area contributed by atoms with Crippen molar-refractivity contribution in [2.24, 2.45) is 23.3 Å². The summed E-state index contributed by atoms with van der Waals surface area (Å²) in [6.07, 6.45) is 1.46. The largest absolute Gasteiger partial charge is 0.508 e. The summed E-state index contributed by atoms with van der Waals surface area (Å²) >= 11 is 0. The first-order chi connectivity index (χ1) is 16.9. The molecule has 0 bridgehead atoms. The van der Waals surface area contributed by atoms with E-state index in [0.717, 1.165) is 0 Å². The average molecular weight is 508 g/mol. The molecule has 1 rings (SSSR count). The van der Waals surface area contributed by atoms with Crippen LogP contribution in [0.15, 0.2) is 24.3 Å². The van der Waals surface area contributed by atoms with Crippen molar-refractivity contribution in [1.29, 1.82) is 0 Å². The predicted octanol–water partition coefficient (Wildman–Crippen LogP) is 0.242. The normalized spacial score (nSPS) is 14.6. The van der Waals surface area contributed by atoms with Crippen molar-refractivity contribution in [3.05, 3.63) is 29.8 Å². The lowest BCUT2D eigenvalue weighted by Crippen LogP contribution is -2.59. The molecule has 0 aliphatic heterocycles. The third-order valence-electron chi connectivity index (χ3n) is 5.84. The Morgan fingerprint density at radius 2 is 1.42 bits per heavy atom. The van der Waals surface area contributed by atoms with Gasteiger partial charge in [0.05, 0.1) is 6.04 Å². The standard InChI is InChI=1S/C25H41N5O6/c1-14(2)20(27)23(33)29-19(13-16-8-10-17(31)11-9-16)22(32)30-21(15(3)4)24(34)28-18(25(35)36)7-5-6-12-26/h8-11,14-15,18-21,31H,5-7,12-13,26-27H2,1-4H3,(H,28,34)(H,29,33)(H,30,32)(H,35,36). The van der Waals surface area contributed by atoms with Crippen LogP contribution in [0, 0.1) is 11.8 Å². The molecule has 1 aromatic rings. The summed E-state index contributed by atoms with van der Waals surface area (Å²) in [6, 6.07) is 2.13. The van der Waals surface area contributed by atoms with Crippen LogP contribution in [0.1, 0.15) is 52.5 Å². The Morgan fingerprint density at radius 1 is 0.833 bits per heavy atom. The van der Waals surface area contributed by atoms with Gasteiger partial charge in [0.15, 0.2) is 0 Å². The summed E-state index contributed by atoms with van der Waals surface area (Å²) in [5.74, 6) is -3.40. The van der Waals surface area contributed by atoms with E-state index in [1.807, 2.05) is 0 Å². The van der Waals surface area contributed by atoms with Gasteiger partial charge in [0.25, 0.3) is 0 Å². The van der Waals surface area contributed by atoms with Gasteiger partial charge in [0.1, 0.15) is 23.9 Å². The molecule has 11 heteroatoms. The van der Waals surface area contributed by atoms with E-state index in [1.165, 1.54) is 12.1 Å². The molecule has 1 aromatic carbocycles. The number of phenolic OH excluding ortho intramolecular Hbond substituents is 1. The molecule has 4 atom stereocenters. The van der Waals surface area contributed by atoms with Gasteiger partial charge in [-0.3, -0.25) is 14.4 Å². The molecule has 9 N–H and O–H groups in total. The number of nitrogens with one attached hydrogen (secondary N) is 3. The van der Waals surface area contributed by atoms with Gasteiger partial charge >= 0.3 is 5.97 Å². The molecule has 3 amide bonds. The molecule has 0 saturated carbocycles. The quantitative estimate of drug-likeness (QED) is 0.164. The first-order valence-corrected chi connectivity index (χ1v) is 12.2. The second-order valence-electron chi connectivity index (χ2n) is 9.62. The van der Waals surface area contributed by atoms with Crippen molar-refractivity contribution in [1.82, 2.24) is 16.0 Å². The van der Waals surface area contributed by atoms with E-state index >= 15 is 0 Å². The van der Waals surface area contributed by atoms with E-state index in [1.54, 1.807) is 39.8 Å². The van der Waals surface area contributed by atoms with Crippen molar-refractivity contribution in [2.75, 3.05) is 6.54 Å². The molecule has 0 spiro atoms. The number of aromatic hydroxyl groups is 1. The Kier molecular flexibility index (Phi) is 12.9. The molecular formula is C25H41N5O6. The molecule has 0 aliphatic carbocycles. The Labute approximate surface area is 212 Å². The fourth-order valence-electron chi connectivity index (χ4n) is 3.45. The zero-order valence-corrected chi connectivity index (χ0v) is 21.5. The van der Waals surface area contributed by atoms with E-state index in [-0.39, 0.29) is 30.4 Å². The molecule has 0 aliphatic rings. The maximum atomic E-state index is 13.3. The third-order valence-corrected chi connectivity index (χ3v) is 5.84. The van der Waals surface area contributed by atoms with Gasteiger partial charge in [0, 0.05) is 6.42 Å². The highest BCUT2D eigenvalue weighted by molar-refractivity contribution is 5.94. The van der Waals surface area contributed by atoms with Gasteiger partial charge in [-0.15, -0.1) is 0 Å². The number of phenols is 1. The van der Waals surface area contributed by atoms with Gasteiger partial charge in [-0.05, 0) is 55.3 Å². The van der Waals surface area contributed by atoms with Gasteiger partial charge in [0.2, 0.25) is 17.7 Å². The predicted molar refractivity (Wildman–Crippen MR) is 136 cm³/mol. The van der Waals surface area contributed by atoms with E-state index in [0.29, 0.717) is 24.9 Å². The fraction of sp³-hybridized carbons (Fsp3) is 0.600. The second kappa shape index (κ2) is 15.0. The second-order valence-corrected chi connectivity index (χ2v) is 9.62. The minimum absolute atomic E-state index is 0.0570. The summed E-state index contributed by atoms with van der Waals surface area (Å²) in [5.41, 5.74) is 12.1. The topological polar surface area (TPSA) is 197 Å². The van der Waals surface area contributed by atoms with Crippen LogP contribution in [-0.4, -0.2) is 64.6 Å². The lowest BCUT2D eigenvalue weighted by Gasteiger charge is -2.27. The first-order valence-electron chi connectivity index (χ1n) is 12.2. The highest BCUT2D eigenvalue weighted by Gasteiger charge is 2.32. The first kappa shape index (κ1) is 30.9. The number of carboxylic acid groups (broad SMARTS) is 1. The lowest BCUT2D eigenvalue weighted by atomic mass is 9.99. The number of hydrogen-bond acceptors (Lipinski definition) is 7. The Hall–Kier alpha value is -3.18. The Morgan fingerprint density at radius 3 is 1.92 bits per heavy atom. The molecule has 0 radical (unpaired) electrons. The molecule has 4 unspecified atom stereocenters. The fourth-order valence-corrected chi connectivity index (χ4v) is 3.45. The number of carbonyl (C=O) groups excluding carboxylic acids is 3. The summed E-state index contributed by atoms with van der Waals surface area (Å²) in [4.78, 5) is 50.5. The van der Waals surface area contributed by atoms with Crippen molar-refractivity contribution >= 4 is 23.7 Å². The zero-order chi connectivity index (χ0) is 27.4. The van der Waals surface area contributed by atoms with Crippen molar-refractivity contribution < 1.29 is 29.4 Å². The van der Waals surface area contributed by atoms with Crippen LogP contribution in [0.25, 0.3) is 0 Å². The Bertz CT molecular complexity index is 874. The average Bonchev–Trinajstić information content (AvgIpc) is 2.81. The summed E-state index contributed by atoms with van der Waals surface area (Å²) in [5, 5.41) is 26.8. The molecule has 0 aromatic heterocycles. The van der Waals surface area contributed by atoms with Crippen molar-refractivity contribution in [2.45, 2.75) is 77.5 Å². The van der Waals surface area contributed by atoms with Gasteiger partial charge < -0.3 is 37.6 Å². The van der Waals surface area contributed by atoms with Crippen LogP contribution in [0.2, 0.25) is 0 Å². The van der Waals surface area contributed by atoms with Crippen LogP contribution >= 0.6 is 0 Å². The third kappa shape index (κ3) is 10.2. The molecule has 0 fully saturated rings. The van der Waals surface area contributed by atoms with E-state index < -0.39 is 47.9 Å². The van der Waals surface area contributed by atoms with Gasteiger partial charge in [-0.1, -0.05) is 39.8 Å². The minimum Gasteiger partial charge on any atom is -0.508 e. The molecule has 0 saturated heterocycles. The highest BCUT2D eigenvalue weighted by atomic mass is 16.4. The van der Waals surface area contributed by atoms with Crippen molar-refractivity contribution in [3.8, 4) is 5.75 Å². The zero-order valence-electron chi connectivity index (χ0n) is 21.5. The summed E-state index contributed by atoms with van der Waals surface area (Å²) < 4.78 is 0. The summed E-state index contributed by atoms with van der Waals surface area (Å²) in [7, 11) is 0. The number of unbranched alkanes of at least 4 members (excludes halogenated alkanes) is 1. The number of hydrogen-bond donors (Lipinski definition) is 7. The molecule has 36 heavy (non-hydrogen) atoms. The smallest absolute Gasteiger partial charge is 0.326 e. The monoisotopic (exact) mass is 507 g/mol. The number of amides is 3. The number of nitrogens with two attached hydrogens (primary N) is 2. The molecule has 0 heterocycles. The Balaban J connectivity index is 3.06. The SMILES string of the molecule is CC(C)C(N)C(=O)NC(Cc1ccc(O)cc1)C(=O)NC(C(=O)NC(CCCCN)C(=O)O)C(C)C. The maximum Gasteiger partial charge on any atom is 0.326 e. The molecular weight excluding hydrogens is 466 g/mol. The number of aliphatic carboxylic acids is 1. The number of benzene rings is 1. The van der Waals surface area contributed by atoms with Crippen LogP contribution in [0.4, 0.5) is 0 Å². The van der Waals surface area contributed by atoms with Crippen LogP contribution in [0.3, 0.4) is 0 Å². The van der Waals surface area contributed by atoms with Gasteiger partial charge in [-0.2, -0.15) is 0 Å². The van der Waals surface area contributed by atoms with E-state index in [2.05, 4.69) is 16.0 Å². The molecule has 11 nitrogen and oxygen atoms in total. The number of rotatable bonds is 15. The van der Waals surface area contributed by atoms with Gasteiger partial charge in [-0.25, -0.2) is 4.79 Å². The molecule has 202 valence electrons. The maximum absolute atomic E-state index is 13.3. The lowest BCUT2D eigenvalue weighted by molar-refractivity contribution is -0.142. The van der Waals surface area contributed by atoms with E-state index in [9.17, 15) is 29.4 Å². The number of carboxylic acids is 1. The van der Waals surface area contributed by atoms with Crippen LogP contribution in [-0.2, 0) is 25.6 Å². The summed E-state index contributed by atoms with van der Waals surface area (Å²) in [6.45, 7) is 7.42.